The van der Waals surface area contributed by atoms with E-state index in [9.17, 15) is 9.59 Å². The van der Waals surface area contributed by atoms with E-state index in [2.05, 4.69) is 20.3 Å². The zero-order valence-electron chi connectivity index (χ0n) is 15.2. The summed E-state index contributed by atoms with van der Waals surface area (Å²) in [6, 6.07) is 15.6. The van der Waals surface area contributed by atoms with Crippen molar-refractivity contribution in [2.75, 3.05) is 7.11 Å². The molecule has 1 amide bonds. The predicted octanol–water partition coefficient (Wildman–Crippen LogP) is 4.26. The number of hydrogen-bond acceptors (Lipinski definition) is 6. The Morgan fingerprint density at radius 2 is 1.66 bits per heavy atom. The van der Waals surface area contributed by atoms with E-state index in [1.807, 2.05) is 48.5 Å². The topological polar surface area (TPSA) is 80.1 Å². The van der Waals surface area contributed by atoms with E-state index in [0.29, 0.717) is 5.02 Å². The number of thioether (sulfide) groups is 1. The van der Waals surface area contributed by atoms with Gasteiger partial charge >= 0.3 is 5.97 Å². The summed E-state index contributed by atoms with van der Waals surface area (Å²) in [6.45, 7) is 0. The molecule has 6 nitrogen and oxygen atoms in total. The van der Waals surface area contributed by atoms with Crippen molar-refractivity contribution in [2.45, 2.75) is 0 Å². The summed E-state index contributed by atoms with van der Waals surface area (Å²) in [5.74, 6) is -1.02. The Kier molecular flexibility index (Phi) is 5.33. The van der Waals surface area contributed by atoms with Crippen LogP contribution in [-0.4, -0.2) is 30.4 Å². The number of methoxy groups -OCH3 is 1. The highest BCUT2D eigenvalue weighted by Crippen LogP contribution is 2.35. The molecule has 0 radical (unpaired) electrons. The van der Waals surface area contributed by atoms with Crippen LogP contribution in [0.1, 0.15) is 5.56 Å². The molecule has 0 atom stereocenters. The molecule has 4 rings (SSSR count). The third-order valence-electron chi connectivity index (χ3n) is 4.34. The quantitative estimate of drug-likeness (QED) is 0.224. The van der Waals surface area contributed by atoms with Gasteiger partial charge in [-0.25, -0.2) is 4.79 Å². The molecule has 0 saturated carbocycles. The molecule has 3 aromatic carbocycles. The van der Waals surface area contributed by atoms with Gasteiger partial charge in [-0.2, -0.15) is 5.10 Å². The van der Waals surface area contributed by atoms with Crippen molar-refractivity contribution in [3.63, 3.8) is 0 Å². The van der Waals surface area contributed by atoms with Crippen LogP contribution in [-0.2, 0) is 14.3 Å². The second-order valence-electron chi connectivity index (χ2n) is 6.06. The Balaban J connectivity index is 1.73. The van der Waals surface area contributed by atoms with Gasteiger partial charge in [-0.3, -0.25) is 10.1 Å². The number of nitrogens with one attached hydrogen (secondary N) is 1. The molecule has 3 aromatic rings. The molecule has 1 heterocycles. The van der Waals surface area contributed by atoms with Gasteiger partial charge in [0.1, 0.15) is 0 Å². The molecule has 0 unspecified atom stereocenters. The summed E-state index contributed by atoms with van der Waals surface area (Å²) in [4.78, 5) is 23.4. The molecular weight excluding hydrogens is 410 g/mol. The Labute approximate surface area is 175 Å². The Bertz CT molecular complexity index is 1190. The number of hydrogen-bond donors (Lipinski definition) is 1. The fourth-order valence-electron chi connectivity index (χ4n) is 3.03. The Hall–Kier alpha value is -3.16. The zero-order valence-corrected chi connectivity index (χ0v) is 16.8. The lowest BCUT2D eigenvalue weighted by molar-refractivity contribution is -0.135. The molecule has 144 valence electrons. The van der Waals surface area contributed by atoms with Crippen molar-refractivity contribution in [1.82, 2.24) is 5.32 Å². The molecule has 0 aromatic heterocycles. The van der Waals surface area contributed by atoms with Gasteiger partial charge in [-0.1, -0.05) is 60.1 Å². The highest BCUT2D eigenvalue weighted by Gasteiger charge is 2.25. The van der Waals surface area contributed by atoms with E-state index in [-0.39, 0.29) is 10.1 Å². The van der Waals surface area contributed by atoms with Crippen molar-refractivity contribution >= 4 is 68.2 Å². The molecule has 0 spiro atoms. The fourth-order valence-corrected chi connectivity index (χ4v) is 4.10. The van der Waals surface area contributed by atoms with Crippen molar-refractivity contribution in [1.29, 1.82) is 0 Å². The number of esters is 1. The lowest BCUT2D eigenvalue weighted by atomic mass is 9.97. The third-order valence-corrected chi connectivity index (χ3v) is 5.65. The van der Waals surface area contributed by atoms with Gasteiger partial charge < -0.3 is 4.74 Å². The van der Waals surface area contributed by atoms with Crippen LogP contribution in [0.4, 0.5) is 0 Å². The number of amidine groups is 1. The number of ether oxygens (including phenoxy) is 1. The molecule has 1 saturated heterocycles. The summed E-state index contributed by atoms with van der Waals surface area (Å²) in [5, 5.41) is 15.5. The first-order chi connectivity index (χ1) is 14.1. The van der Waals surface area contributed by atoms with E-state index < -0.39 is 11.9 Å². The molecular formula is C21H14ClN3O3S. The van der Waals surface area contributed by atoms with E-state index in [4.69, 9.17) is 11.6 Å². The minimum atomic E-state index is -0.605. The number of fused-ring (bicyclic) bond motifs is 2. The summed E-state index contributed by atoms with van der Waals surface area (Å²) in [7, 11) is 1.25. The van der Waals surface area contributed by atoms with Crippen LogP contribution in [0.3, 0.4) is 0 Å². The maximum absolute atomic E-state index is 11.9. The zero-order chi connectivity index (χ0) is 20.4. The van der Waals surface area contributed by atoms with E-state index in [1.54, 1.807) is 6.21 Å². The fraction of sp³-hybridized carbons (Fsp3) is 0.0476. The lowest BCUT2D eigenvalue weighted by Gasteiger charge is -2.10. The SMILES string of the molecule is COC(=O)/C=C1/S/C(=N\N=Cc2c3ccccc3c(Cl)c3ccccc23)NC1=O. The number of carbonyl (C=O) groups excluding carboxylic acids is 2. The molecule has 29 heavy (non-hydrogen) atoms. The van der Waals surface area contributed by atoms with Gasteiger partial charge in [0.05, 0.1) is 23.3 Å². The Morgan fingerprint density at radius 1 is 1.07 bits per heavy atom. The van der Waals surface area contributed by atoms with Crippen molar-refractivity contribution in [3.05, 3.63) is 70.1 Å². The normalized spacial score (nSPS) is 17.0. The van der Waals surface area contributed by atoms with E-state index >= 15 is 0 Å². The molecule has 1 fully saturated rings. The minimum absolute atomic E-state index is 0.202. The second-order valence-corrected chi connectivity index (χ2v) is 7.47. The summed E-state index contributed by atoms with van der Waals surface area (Å²) < 4.78 is 4.54. The van der Waals surface area contributed by atoms with Gasteiger partial charge in [0.15, 0.2) is 5.17 Å². The van der Waals surface area contributed by atoms with Gasteiger partial charge in [0.25, 0.3) is 5.91 Å². The summed E-state index contributed by atoms with van der Waals surface area (Å²) >= 11 is 7.62. The van der Waals surface area contributed by atoms with E-state index in [0.717, 1.165) is 44.9 Å². The second kappa shape index (κ2) is 8.06. The van der Waals surface area contributed by atoms with Crippen LogP contribution in [0.2, 0.25) is 5.02 Å². The van der Waals surface area contributed by atoms with Crippen LogP contribution in [0.25, 0.3) is 21.5 Å². The van der Waals surface area contributed by atoms with Crippen LogP contribution >= 0.6 is 23.4 Å². The monoisotopic (exact) mass is 423 g/mol. The van der Waals surface area contributed by atoms with Crippen molar-refractivity contribution in [2.24, 2.45) is 10.2 Å². The first kappa shape index (κ1) is 19.2. The Morgan fingerprint density at radius 3 is 2.24 bits per heavy atom. The number of amides is 1. The predicted molar refractivity (Wildman–Crippen MR) is 117 cm³/mol. The van der Waals surface area contributed by atoms with E-state index in [1.165, 1.54) is 7.11 Å². The van der Waals surface area contributed by atoms with Gasteiger partial charge in [-0.05, 0) is 22.5 Å². The summed E-state index contributed by atoms with van der Waals surface area (Å²) in [6.07, 6.45) is 2.76. The molecule has 1 aliphatic heterocycles. The van der Waals surface area contributed by atoms with Crippen molar-refractivity contribution in [3.8, 4) is 0 Å². The lowest BCUT2D eigenvalue weighted by Crippen LogP contribution is -2.19. The first-order valence-corrected chi connectivity index (χ1v) is 9.76. The molecule has 1 aliphatic rings. The molecule has 8 heteroatoms. The molecule has 0 aliphatic carbocycles. The summed E-state index contributed by atoms with van der Waals surface area (Å²) in [5.41, 5.74) is 0.879. The van der Waals surface area contributed by atoms with Crippen LogP contribution in [0, 0.1) is 0 Å². The number of nitrogens with zero attached hydrogens (tertiary/aromatic N) is 2. The van der Waals surface area contributed by atoms with Crippen LogP contribution in [0.15, 0.2) is 69.7 Å². The maximum Gasteiger partial charge on any atom is 0.331 e. The van der Waals surface area contributed by atoms with Crippen LogP contribution < -0.4 is 5.32 Å². The van der Waals surface area contributed by atoms with Gasteiger partial charge in [-0.15, -0.1) is 5.10 Å². The number of halogens is 1. The third kappa shape index (κ3) is 3.74. The van der Waals surface area contributed by atoms with Crippen LogP contribution in [0.5, 0.6) is 0 Å². The smallest absolute Gasteiger partial charge is 0.331 e. The number of rotatable bonds is 3. The molecule has 0 bridgehead atoms. The minimum Gasteiger partial charge on any atom is -0.466 e. The van der Waals surface area contributed by atoms with Gasteiger partial charge in [0.2, 0.25) is 0 Å². The highest BCUT2D eigenvalue weighted by molar-refractivity contribution is 8.18. The number of carbonyl (C=O) groups is 2. The maximum atomic E-state index is 11.9. The van der Waals surface area contributed by atoms with Crippen molar-refractivity contribution < 1.29 is 14.3 Å². The highest BCUT2D eigenvalue weighted by atomic mass is 35.5. The largest absolute Gasteiger partial charge is 0.466 e. The average molecular weight is 424 g/mol. The standard InChI is InChI=1S/C21H14ClN3O3S/c1-28-18(26)10-17-20(27)24-21(29-17)25-23-11-16-12-6-2-4-8-14(12)19(22)15-9-5-3-7-13(15)16/h2-11H,1H3,(H,24,25,27)/b17-10+,23-11?. The number of benzene rings is 3. The average Bonchev–Trinajstić information content (AvgIpc) is 3.09. The molecule has 1 N–H and O–H groups in total. The first-order valence-electron chi connectivity index (χ1n) is 8.57. The van der Waals surface area contributed by atoms with Gasteiger partial charge in [0, 0.05) is 22.4 Å².